The van der Waals surface area contributed by atoms with Crippen LogP contribution < -0.4 is 5.32 Å². The molecule has 0 spiro atoms. The molecule has 0 atom stereocenters. The number of fused-ring (bicyclic) bond motifs is 1. The monoisotopic (exact) mass is 352 g/mol. The van der Waals surface area contributed by atoms with E-state index in [4.69, 9.17) is 0 Å². The molecular formula is C20H21FN4O. The number of hydrogen-bond donors (Lipinski definition) is 2. The van der Waals surface area contributed by atoms with E-state index in [1.165, 1.54) is 6.07 Å². The molecule has 0 saturated carbocycles. The van der Waals surface area contributed by atoms with Gasteiger partial charge in [-0.1, -0.05) is 24.3 Å². The summed E-state index contributed by atoms with van der Waals surface area (Å²) in [6.07, 6.45) is 1.87. The van der Waals surface area contributed by atoms with Crippen LogP contribution in [0.1, 0.15) is 23.3 Å². The average molecular weight is 352 g/mol. The van der Waals surface area contributed by atoms with E-state index in [9.17, 15) is 9.18 Å². The lowest BCUT2D eigenvalue weighted by Crippen LogP contribution is -2.43. The molecule has 1 fully saturated rings. The average Bonchev–Trinajstić information content (AvgIpc) is 3.07. The van der Waals surface area contributed by atoms with Gasteiger partial charge in [-0.05, 0) is 56.7 Å². The highest BCUT2D eigenvalue weighted by Gasteiger charge is 2.22. The molecule has 1 aliphatic rings. The first kappa shape index (κ1) is 16.7. The highest BCUT2D eigenvalue weighted by atomic mass is 19.1. The highest BCUT2D eigenvalue weighted by molar-refractivity contribution is 6.05. The number of carbonyl (C=O) groups excluding carboxylic acids is 1. The number of nitrogens with one attached hydrogen (secondary N) is 2. The van der Waals surface area contributed by atoms with Gasteiger partial charge in [0.1, 0.15) is 5.82 Å². The predicted molar refractivity (Wildman–Crippen MR) is 99.5 cm³/mol. The Morgan fingerprint density at radius 2 is 2.00 bits per heavy atom. The van der Waals surface area contributed by atoms with Crippen LogP contribution in [0.4, 0.5) is 4.39 Å². The van der Waals surface area contributed by atoms with Crippen LogP contribution in [0, 0.1) is 5.82 Å². The molecule has 0 unspecified atom stereocenters. The van der Waals surface area contributed by atoms with Gasteiger partial charge in [0.05, 0.1) is 5.52 Å². The first-order chi connectivity index (χ1) is 12.6. The lowest BCUT2D eigenvalue weighted by Gasteiger charge is -2.29. The third kappa shape index (κ3) is 3.20. The lowest BCUT2D eigenvalue weighted by molar-refractivity contribution is 0.0913. The molecule has 1 saturated heterocycles. The number of benzene rings is 2. The van der Waals surface area contributed by atoms with Crippen LogP contribution in [0.3, 0.4) is 0 Å². The Labute approximate surface area is 151 Å². The van der Waals surface area contributed by atoms with Gasteiger partial charge in [-0.3, -0.25) is 9.89 Å². The second kappa shape index (κ2) is 6.88. The fourth-order valence-electron chi connectivity index (χ4n) is 3.46. The summed E-state index contributed by atoms with van der Waals surface area (Å²) < 4.78 is 14.1. The number of piperidine rings is 1. The second-order valence-corrected chi connectivity index (χ2v) is 6.86. The van der Waals surface area contributed by atoms with Crippen molar-refractivity contribution in [3.8, 4) is 11.1 Å². The molecule has 6 heteroatoms. The molecule has 0 bridgehead atoms. The van der Waals surface area contributed by atoms with E-state index in [0.717, 1.165) is 37.0 Å². The van der Waals surface area contributed by atoms with Crippen molar-refractivity contribution in [2.24, 2.45) is 0 Å². The van der Waals surface area contributed by atoms with Crippen LogP contribution in [-0.4, -0.2) is 47.2 Å². The van der Waals surface area contributed by atoms with Crippen molar-refractivity contribution in [3.63, 3.8) is 0 Å². The Morgan fingerprint density at radius 1 is 1.23 bits per heavy atom. The molecule has 26 heavy (non-hydrogen) atoms. The first-order valence-electron chi connectivity index (χ1n) is 8.84. The van der Waals surface area contributed by atoms with Gasteiger partial charge in [0.2, 0.25) is 0 Å². The normalized spacial score (nSPS) is 16.1. The molecule has 134 valence electrons. The summed E-state index contributed by atoms with van der Waals surface area (Å²) in [5, 5.41) is 10.9. The number of rotatable bonds is 3. The number of likely N-dealkylation sites (tertiary alicyclic amines) is 1. The topological polar surface area (TPSA) is 61.0 Å². The summed E-state index contributed by atoms with van der Waals surface area (Å²) in [6, 6.07) is 12.3. The van der Waals surface area contributed by atoms with Crippen LogP contribution >= 0.6 is 0 Å². The minimum Gasteiger partial charge on any atom is -0.348 e. The van der Waals surface area contributed by atoms with Crippen LogP contribution in [-0.2, 0) is 0 Å². The van der Waals surface area contributed by atoms with E-state index in [0.29, 0.717) is 16.6 Å². The van der Waals surface area contributed by atoms with Gasteiger partial charge in [-0.2, -0.15) is 5.10 Å². The van der Waals surface area contributed by atoms with Gasteiger partial charge in [0.15, 0.2) is 5.69 Å². The van der Waals surface area contributed by atoms with Crippen LogP contribution in [0.25, 0.3) is 22.0 Å². The van der Waals surface area contributed by atoms with E-state index in [-0.39, 0.29) is 17.8 Å². The van der Waals surface area contributed by atoms with Gasteiger partial charge in [0, 0.05) is 17.0 Å². The maximum Gasteiger partial charge on any atom is 0.272 e. The molecule has 0 aliphatic carbocycles. The quantitative estimate of drug-likeness (QED) is 0.761. The fourth-order valence-corrected chi connectivity index (χ4v) is 3.46. The van der Waals surface area contributed by atoms with Crippen molar-refractivity contribution in [2.45, 2.75) is 18.9 Å². The smallest absolute Gasteiger partial charge is 0.272 e. The molecule has 4 rings (SSSR count). The number of hydrogen-bond acceptors (Lipinski definition) is 3. The number of amides is 1. The molecule has 1 aliphatic heterocycles. The third-order valence-electron chi connectivity index (χ3n) is 5.02. The largest absolute Gasteiger partial charge is 0.348 e. The SMILES string of the molecule is CN1CCC(NC(=O)c2n[nH]c3ccc(-c4ccccc4F)cc23)CC1. The van der Waals surface area contributed by atoms with Crippen molar-refractivity contribution in [2.75, 3.05) is 20.1 Å². The number of carbonyl (C=O) groups is 1. The third-order valence-corrected chi connectivity index (χ3v) is 5.02. The predicted octanol–water partition coefficient (Wildman–Crippen LogP) is 3.19. The Hall–Kier alpha value is -2.73. The molecule has 2 heterocycles. The number of halogens is 1. The zero-order valence-corrected chi connectivity index (χ0v) is 14.6. The van der Waals surface area contributed by atoms with E-state index < -0.39 is 0 Å². The Balaban J connectivity index is 1.62. The lowest BCUT2D eigenvalue weighted by atomic mass is 10.0. The van der Waals surface area contributed by atoms with Crippen molar-refractivity contribution >= 4 is 16.8 Å². The molecule has 0 radical (unpaired) electrons. The number of H-pyrrole nitrogens is 1. The van der Waals surface area contributed by atoms with Crippen molar-refractivity contribution in [1.29, 1.82) is 0 Å². The van der Waals surface area contributed by atoms with E-state index >= 15 is 0 Å². The summed E-state index contributed by atoms with van der Waals surface area (Å²) in [5.74, 6) is -0.468. The Bertz CT molecular complexity index is 944. The molecular weight excluding hydrogens is 331 g/mol. The van der Waals surface area contributed by atoms with E-state index in [1.807, 2.05) is 18.2 Å². The van der Waals surface area contributed by atoms with Gasteiger partial charge in [-0.25, -0.2) is 4.39 Å². The highest BCUT2D eigenvalue weighted by Crippen LogP contribution is 2.27. The fraction of sp³-hybridized carbons (Fsp3) is 0.300. The van der Waals surface area contributed by atoms with E-state index in [1.54, 1.807) is 18.2 Å². The summed E-state index contributed by atoms with van der Waals surface area (Å²) in [6.45, 7) is 1.95. The number of aromatic nitrogens is 2. The Morgan fingerprint density at radius 3 is 2.77 bits per heavy atom. The second-order valence-electron chi connectivity index (χ2n) is 6.86. The van der Waals surface area contributed by atoms with Gasteiger partial charge >= 0.3 is 0 Å². The summed E-state index contributed by atoms with van der Waals surface area (Å²) >= 11 is 0. The molecule has 1 aromatic heterocycles. The molecule has 5 nitrogen and oxygen atoms in total. The van der Waals surface area contributed by atoms with Gasteiger partial charge in [-0.15, -0.1) is 0 Å². The zero-order valence-electron chi connectivity index (χ0n) is 14.6. The van der Waals surface area contributed by atoms with Crippen LogP contribution in [0.2, 0.25) is 0 Å². The van der Waals surface area contributed by atoms with Crippen LogP contribution in [0.15, 0.2) is 42.5 Å². The maximum absolute atomic E-state index is 14.1. The standard InChI is InChI=1S/C20H21FN4O/c1-25-10-8-14(9-11-25)22-20(26)19-16-12-13(6-7-18(16)23-24-19)15-4-2-3-5-17(15)21/h2-7,12,14H,8-11H2,1H3,(H,22,26)(H,23,24). The van der Waals surface area contributed by atoms with Crippen LogP contribution in [0.5, 0.6) is 0 Å². The molecule has 2 aromatic carbocycles. The van der Waals surface area contributed by atoms with Gasteiger partial charge < -0.3 is 10.2 Å². The summed E-state index contributed by atoms with van der Waals surface area (Å²) in [4.78, 5) is 15.0. The number of aromatic amines is 1. The zero-order chi connectivity index (χ0) is 18.1. The van der Waals surface area contributed by atoms with Crippen molar-refractivity contribution in [1.82, 2.24) is 20.4 Å². The minimum absolute atomic E-state index is 0.167. The molecule has 1 amide bonds. The summed E-state index contributed by atoms with van der Waals surface area (Å²) in [5.41, 5.74) is 2.36. The van der Waals surface area contributed by atoms with Crippen molar-refractivity contribution in [3.05, 3.63) is 54.0 Å². The Kier molecular flexibility index (Phi) is 4.42. The summed E-state index contributed by atoms with van der Waals surface area (Å²) in [7, 11) is 2.09. The first-order valence-corrected chi connectivity index (χ1v) is 8.84. The van der Waals surface area contributed by atoms with E-state index in [2.05, 4.69) is 27.5 Å². The molecule has 2 N–H and O–H groups in total. The van der Waals surface area contributed by atoms with Gasteiger partial charge in [0.25, 0.3) is 5.91 Å². The minimum atomic E-state index is -0.285. The number of nitrogens with zero attached hydrogens (tertiary/aromatic N) is 2. The maximum atomic E-state index is 14.1. The van der Waals surface area contributed by atoms with Crippen molar-refractivity contribution < 1.29 is 9.18 Å². The molecule has 3 aromatic rings.